The largest absolute Gasteiger partial charge is 0.341 e. The summed E-state index contributed by atoms with van der Waals surface area (Å²) in [7, 11) is 1.90. The van der Waals surface area contributed by atoms with Gasteiger partial charge in [-0.05, 0) is 25.2 Å². The predicted molar refractivity (Wildman–Crippen MR) is 62.5 cm³/mol. The van der Waals surface area contributed by atoms with Crippen LogP contribution >= 0.6 is 0 Å². The maximum atomic E-state index is 12.0. The van der Waals surface area contributed by atoms with E-state index in [4.69, 9.17) is 5.73 Å². The third-order valence-electron chi connectivity index (χ3n) is 3.26. The van der Waals surface area contributed by atoms with Gasteiger partial charge < -0.3 is 10.6 Å². The number of carbonyl (C=O) groups excluding carboxylic acids is 1. The Morgan fingerprint density at radius 2 is 1.93 bits per heavy atom. The first-order valence-corrected chi connectivity index (χ1v) is 6.04. The normalized spacial score (nSPS) is 19.5. The first kappa shape index (κ1) is 12.5. The van der Waals surface area contributed by atoms with Crippen molar-refractivity contribution in [1.82, 2.24) is 4.90 Å². The summed E-state index contributed by atoms with van der Waals surface area (Å²) in [6.07, 6.45) is 5.59. The molecule has 1 atom stereocenters. The van der Waals surface area contributed by atoms with Gasteiger partial charge in [-0.1, -0.05) is 26.7 Å². The molecule has 0 saturated heterocycles. The maximum Gasteiger partial charge on any atom is 0.239 e. The van der Waals surface area contributed by atoms with Crippen molar-refractivity contribution in [1.29, 1.82) is 0 Å². The van der Waals surface area contributed by atoms with E-state index in [1.165, 1.54) is 12.8 Å². The fourth-order valence-electron chi connectivity index (χ4n) is 2.34. The maximum absolute atomic E-state index is 12.0. The molecule has 0 aliphatic heterocycles. The minimum Gasteiger partial charge on any atom is -0.341 e. The first-order valence-electron chi connectivity index (χ1n) is 6.04. The number of hydrogen-bond donors (Lipinski definition) is 1. The third kappa shape index (κ3) is 3.49. The van der Waals surface area contributed by atoms with E-state index in [2.05, 4.69) is 13.8 Å². The van der Waals surface area contributed by atoms with Gasteiger partial charge in [-0.25, -0.2) is 0 Å². The van der Waals surface area contributed by atoms with Crippen molar-refractivity contribution in [3.05, 3.63) is 0 Å². The lowest BCUT2D eigenvalue weighted by Gasteiger charge is -2.27. The predicted octanol–water partition coefficient (Wildman–Crippen LogP) is 1.76. The molecule has 0 spiro atoms. The molecule has 1 fully saturated rings. The van der Waals surface area contributed by atoms with Crippen LogP contribution in [0.5, 0.6) is 0 Å². The van der Waals surface area contributed by atoms with Gasteiger partial charge in [0.1, 0.15) is 0 Å². The zero-order chi connectivity index (χ0) is 11.4. The van der Waals surface area contributed by atoms with Crippen LogP contribution in [0.2, 0.25) is 0 Å². The van der Waals surface area contributed by atoms with E-state index in [-0.39, 0.29) is 11.9 Å². The van der Waals surface area contributed by atoms with Crippen LogP contribution in [0.3, 0.4) is 0 Å². The van der Waals surface area contributed by atoms with Gasteiger partial charge in [0, 0.05) is 13.1 Å². The monoisotopic (exact) mass is 212 g/mol. The Kier molecular flexibility index (Phi) is 4.58. The van der Waals surface area contributed by atoms with Crippen molar-refractivity contribution in [3.63, 3.8) is 0 Å². The van der Waals surface area contributed by atoms with Crippen LogP contribution in [-0.4, -0.2) is 29.9 Å². The molecule has 3 heteroatoms. The second kappa shape index (κ2) is 5.50. The van der Waals surface area contributed by atoms with Crippen LogP contribution in [0, 0.1) is 5.92 Å². The molecule has 0 aromatic carbocycles. The fraction of sp³-hybridized carbons (Fsp3) is 0.917. The lowest BCUT2D eigenvalue weighted by Crippen LogP contribution is -2.46. The Hall–Kier alpha value is -0.570. The summed E-state index contributed by atoms with van der Waals surface area (Å²) in [4.78, 5) is 13.8. The van der Waals surface area contributed by atoms with E-state index in [0.717, 1.165) is 19.3 Å². The van der Waals surface area contributed by atoms with Crippen LogP contribution in [0.1, 0.15) is 46.0 Å². The Bertz CT molecular complexity index is 210. The third-order valence-corrected chi connectivity index (χ3v) is 3.26. The van der Waals surface area contributed by atoms with E-state index >= 15 is 0 Å². The van der Waals surface area contributed by atoms with E-state index < -0.39 is 0 Å². The molecule has 1 aliphatic rings. The highest BCUT2D eigenvalue weighted by atomic mass is 16.2. The van der Waals surface area contributed by atoms with Crippen LogP contribution in [0.15, 0.2) is 0 Å². The average molecular weight is 212 g/mol. The van der Waals surface area contributed by atoms with Crippen LogP contribution < -0.4 is 5.73 Å². The second-order valence-electron chi connectivity index (χ2n) is 5.12. The van der Waals surface area contributed by atoms with Crippen molar-refractivity contribution in [2.45, 2.75) is 58.0 Å². The highest BCUT2D eigenvalue weighted by Crippen LogP contribution is 2.23. The van der Waals surface area contributed by atoms with Crippen LogP contribution in [-0.2, 0) is 4.79 Å². The molecule has 0 aromatic rings. The van der Waals surface area contributed by atoms with Gasteiger partial charge >= 0.3 is 0 Å². The number of hydrogen-bond acceptors (Lipinski definition) is 2. The lowest BCUT2D eigenvalue weighted by molar-refractivity contribution is -0.133. The summed E-state index contributed by atoms with van der Waals surface area (Å²) < 4.78 is 0. The molecular formula is C12H24N2O. The van der Waals surface area contributed by atoms with E-state index in [0.29, 0.717) is 12.0 Å². The summed E-state index contributed by atoms with van der Waals surface area (Å²) in [6.45, 7) is 4.20. The molecule has 1 rings (SSSR count). The van der Waals surface area contributed by atoms with Crippen molar-refractivity contribution in [2.75, 3.05) is 7.05 Å². The summed E-state index contributed by atoms with van der Waals surface area (Å²) >= 11 is 0. The molecule has 1 aliphatic carbocycles. The number of carbonyl (C=O) groups is 1. The van der Waals surface area contributed by atoms with Gasteiger partial charge in [0.05, 0.1) is 6.04 Å². The van der Waals surface area contributed by atoms with Gasteiger partial charge in [0.25, 0.3) is 0 Å². The summed E-state index contributed by atoms with van der Waals surface area (Å²) in [5.74, 6) is 0.608. The summed E-state index contributed by atoms with van der Waals surface area (Å²) in [5, 5.41) is 0. The molecular weight excluding hydrogens is 188 g/mol. The minimum atomic E-state index is -0.310. The first-order chi connectivity index (χ1) is 7.02. The molecule has 0 radical (unpaired) electrons. The molecule has 2 N–H and O–H groups in total. The highest BCUT2D eigenvalue weighted by Gasteiger charge is 2.26. The molecule has 1 amide bonds. The van der Waals surface area contributed by atoms with Crippen molar-refractivity contribution >= 4 is 5.91 Å². The second-order valence-corrected chi connectivity index (χ2v) is 5.12. The number of nitrogens with two attached hydrogens (primary N) is 1. The number of rotatable bonds is 4. The summed E-state index contributed by atoms with van der Waals surface area (Å²) in [5.41, 5.74) is 5.90. The Morgan fingerprint density at radius 3 is 2.40 bits per heavy atom. The molecule has 1 saturated carbocycles. The molecule has 88 valence electrons. The fourth-order valence-corrected chi connectivity index (χ4v) is 2.34. The van der Waals surface area contributed by atoms with Gasteiger partial charge in [0.2, 0.25) is 5.91 Å². The smallest absolute Gasteiger partial charge is 0.239 e. The lowest BCUT2D eigenvalue weighted by atomic mass is 10.0. The topological polar surface area (TPSA) is 46.3 Å². The van der Waals surface area contributed by atoms with Crippen LogP contribution in [0.4, 0.5) is 0 Å². The van der Waals surface area contributed by atoms with Crippen molar-refractivity contribution < 1.29 is 4.79 Å². The molecule has 3 nitrogen and oxygen atoms in total. The van der Waals surface area contributed by atoms with E-state index in [1.54, 1.807) is 0 Å². The Morgan fingerprint density at radius 1 is 1.40 bits per heavy atom. The van der Waals surface area contributed by atoms with E-state index in [9.17, 15) is 4.79 Å². The standard InChI is InChI=1S/C12H24N2O/c1-9(2)8-11(13)12(15)14(3)10-6-4-5-7-10/h9-11H,4-8,13H2,1-3H3. The molecule has 15 heavy (non-hydrogen) atoms. The SMILES string of the molecule is CC(C)CC(N)C(=O)N(C)C1CCCC1. The molecule has 0 bridgehead atoms. The Labute approximate surface area is 93.0 Å². The zero-order valence-corrected chi connectivity index (χ0v) is 10.2. The van der Waals surface area contributed by atoms with Gasteiger partial charge in [-0.2, -0.15) is 0 Å². The molecule has 0 heterocycles. The van der Waals surface area contributed by atoms with Crippen molar-refractivity contribution in [3.8, 4) is 0 Å². The van der Waals surface area contributed by atoms with Gasteiger partial charge in [-0.3, -0.25) is 4.79 Å². The van der Waals surface area contributed by atoms with Gasteiger partial charge in [0.15, 0.2) is 0 Å². The summed E-state index contributed by atoms with van der Waals surface area (Å²) in [6, 6.07) is 0.131. The van der Waals surface area contributed by atoms with Crippen LogP contribution in [0.25, 0.3) is 0 Å². The van der Waals surface area contributed by atoms with E-state index in [1.807, 2.05) is 11.9 Å². The number of amides is 1. The molecule has 0 aromatic heterocycles. The quantitative estimate of drug-likeness (QED) is 0.772. The average Bonchev–Trinajstić information content (AvgIpc) is 2.67. The number of nitrogens with zero attached hydrogens (tertiary/aromatic N) is 1. The minimum absolute atomic E-state index is 0.121. The Balaban J connectivity index is 2.43. The molecule has 1 unspecified atom stereocenters. The van der Waals surface area contributed by atoms with Gasteiger partial charge in [-0.15, -0.1) is 0 Å². The number of likely N-dealkylation sites (N-methyl/N-ethyl adjacent to an activating group) is 1. The zero-order valence-electron chi connectivity index (χ0n) is 10.2. The van der Waals surface area contributed by atoms with Crippen molar-refractivity contribution in [2.24, 2.45) is 11.7 Å². The highest BCUT2D eigenvalue weighted by molar-refractivity contribution is 5.81.